The largest absolute Gasteiger partial charge is 0.403 e. The molecular weight excluding hydrogens is 196 g/mol. The number of hydrogen-bond donors (Lipinski definition) is 1. The minimum absolute atomic E-state index is 0.453. The number of allylic oxidation sites excluding steroid dienone is 2. The molecule has 0 radical (unpaired) electrons. The summed E-state index contributed by atoms with van der Waals surface area (Å²) in [6, 6.07) is 0. The van der Waals surface area contributed by atoms with Crippen LogP contribution in [0.1, 0.15) is 46.0 Å². The molecule has 1 saturated carbocycles. The van der Waals surface area contributed by atoms with Gasteiger partial charge in [0.15, 0.2) is 0 Å². The van der Waals surface area contributed by atoms with E-state index in [4.69, 9.17) is 5.73 Å². The molecule has 16 heavy (non-hydrogen) atoms. The van der Waals surface area contributed by atoms with Gasteiger partial charge < -0.3 is 5.73 Å². The molecule has 1 rings (SSSR count). The number of aliphatic imine (C=N–C) groups is 1. The van der Waals surface area contributed by atoms with E-state index in [1.165, 1.54) is 32.1 Å². The van der Waals surface area contributed by atoms with Gasteiger partial charge in [-0.3, -0.25) is 4.99 Å². The maximum absolute atomic E-state index is 5.66. The van der Waals surface area contributed by atoms with E-state index in [2.05, 4.69) is 25.4 Å². The molecular formula is C14H24N2. The number of nitrogens with zero attached hydrogens (tertiary/aromatic N) is 1. The van der Waals surface area contributed by atoms with Gasteiger partial charge in [-0.2, -0.15) is 0 Å². The van der Waals surface area contributed by atoms with E-state index in [1.807, 2.05) is 6.21 Å². The normalized spacial score (nSPS) is 19.6. The highest BCUT2D eigenvalue weighted by atomic mass is 14.8. The van der Waals surface area contributed by atoms with E-state index in [-0.39, 0.29) is 0 Å². The van der Waals surface area contributed by atoms with Crippen LogP contribution in [0.2, 0.25) is 0 Å². The minimum atomic E-state index is 0.453. The summed E-state index contributed by atoms with van der Waals surface area (Å²) in [6.45, 7) is 8.24. The van der Waals surface area contributed by atoms with Crippen LogP contribution in [0, 0.1) is 11.8 Å². The Morgan fingerprint density at radius 1 is 1.31 bits per heavy atom. The summed E-state index contributed by atoms with van der Waals surface area (Å²) < 4.78 is 0. The highest BCUT2D eigenvalue weighted by Crippen LogP contribution is 2.29. The lowest BCUT2D eigenvalue weighted by Crippen LogP contribution is -2.10. The number of rotatable bonds is 4. The second kappa shape index (κ2) is 6.51. The van der Waals surface area contributed by atoms with Crippen molar-refractivity contribution in [2.45, 2.75) is 46.0 Å². The average Bonchev–Trinajstić information content (AvgIpc) is 2.30. The van der Waals surface area contributed by atoms with E-state index in [0.29, 0.717) is 11.8 Å². The summed E-state index contributed by atoms with van der Waals surface area (Å²) in [5.41, 5.74) is 7.77. The Kier molecular flexibility index (Phi) is 5.30. The van der Waals surface area contributed by atoms with Crippen molar-refractivity contribution in [3.05, 3.63) is 24.0 Å². The van der Waals surface area contributed by atoms with Crippen LogP contribution in [0.25, 0.3) is 0 Å². The first-order valence-corrected chi connectivity index (χ1v) is 6.29. The van der Waals surface area contributed by atoms with Gasteiger partial charge in [0, 0.05) is 18.3 Å². The summed E-state index contributed by atoms with van der Waals surface area (Å²) >= 11 is 0. The summed E-state index contributed by atoms with van der Waals surface area (Å²) in [6.07, 6.45) is 9.98. The zero-order chi connectivity index (χ0) is 12.0. The molecule has 1 fully saturated rings. The zero-order valence-corrected chi connectivity index (χ0v) is 10.6. The summed E-state index contributed by atoms with van der Waals surface area (Å²) in [5, 5.41) is 0. The predicted octanol–water partition coefficient (Wildman–Crippen LogP) is 3.65. The molecule has 90 valence electrons. The van der Waals surface area contributed by atoms with Crippen LogP contribution in [0.3, 0.4) is 0 Å². The smallest absolute Gasteiger partial charge is 0.0588 e. The van der Waals surface area contributed by atoms with E-state index in [9.17, 15) is 0 Å². The monoisotopic (exact) mass is 220 g/mol. The van der Waals surface area contributed by atoms with Gasteiger partial charge in [0.25, 0.3) is 0 Å². The Balaban J connectivity index is 2.58. The van der Waals surface area contributed by atoms with Crippen molar-refractivity contribution in [3.8, 4) is 0 Å². The molecule has 0 atom stereocenters. The lowest BCUT2D eigenvalue weighted by atomic mass is 9.87. The standard InChI is InChI=1S/C14H24N2/c1-11(2)12(3)10-16-14(9-15)13-7-5-4-6-8-13/h9-11,13H,3-8,15H2,1-2H3/b14-9-,16-10-. The van der Waals surface area contributed by atoms with Gasteiger partial charge in [0.05, 0.1) is 5.70 Å². The highest BCUT2D eigenvalue weighted by Gasteiger charge is 2.16. The lowest BCUT2D eigenvalue weighted by molar-refractivity contribution is 0.400. The first-order valence-electron chi connectivity index (χ1n) is 6.29. The third-order valence-corrected chi connectivity index (χ3v) is 3.32. The SMILES string of the molecule is C=C(/C=N\C(=C/N)C1CCCCC1)C(C)C. The van der Waals surface area contributed by atoms with Crippen LogP contribution in [0.4, 0.5) is 0 Å². The number of nitrogens with two attached hydrogens (primary N) is 1. The highest BCUT2D eigenvalue weighted by molar-refractivity contribution is 5.79. The molecule has 1 aliphatic carbocycles. The van der Waals surface area contributed by atoms with E-state index >= 15 is 0 Å². The Bertz CT molecular complexity index is 281. The fraction of sp³-hybridized carbons (Fsp3) is 0.643. The molecule has 2 heteroatoms. The number of hydrogen-bond acceptors (Lipinski definition) is 2. The molecule has 1 aliphatic rings. The van der Waals surface area contributed by atoms with E-state index in [0.717, 1.165) is 11.3 Å². The van der Waals surface area contributed by atoms with E-state index in [1.54, 1.807) is 6.20 Å². The molecule has 0 aliphatic heterocycles. The maximum Gasteiger partial charge on any atom is 0.0588 e. The second-order valence-corrected chi connectivity index (χ2v) is 4.91. The summed E-state index contributed by atoms with van der Waals surface area (Å²) in [4.78, 5) is 4.50. The van der Waals surface area contributed by atoms with Crippen LogP contribution < -0.4 is 5.73 Å². The third kappa shape index (κ3) is 3.84. The molecule has 0 saturated heterocycles. The molecule has 0 aromatic carbocycles. The Hall–Kier alpha value is -1.05. The fourth-order valence-corrected chi connectivity index (χ4v) is 1.99. The first kappa shape index (κ1) is 13.0. The van der Waals surface area contributed by atoms with Gasteiger partial charge in [-0.1, -0.05) is 39.7 Å². The van der Waals surface area contributed by atoms with Crippen molar-refractivity contribution in [2.75, 3.05) is 0 Å². The quantitative estimate of drug-likeness (QED) is 0.722. The third-order valence-electron chi connectivity index (χ3n) is 3.32. The Morgan fingerprint density at radius 3 is 2.44 bits per heavy atom. The van der Waals surface area contributed by atoms with Crippen molar-refractivity contribution >= 4 is 6.21 Å². The van der Waals surface area contributed by atoms with Crippen LogP contribution in [0.5, 0.6) is 0 Å². The van der Waals surface area contributed by atoms with Gasteiger partial charge in [-0.15, -0.1) is 0 Å². The molecule has 0 heterocycles. The average molecular weight is 220 g/mol. The minimum Gasteiger partial charge on any atom is -0.403 e. The van der Waals surface area contributed by atoms with Crippen molar-refractivity contribution in [3.63, 3.8) is 0 Å². The van der Waals surface area contributed by atoms with Crippen LogP contribution in [-0.4, -0.2) is 6.21 Å². The molecule has 0 amide bonds. The lowest BCUT2D eigenvalue weighted by Gasteiger charge is -2.21. The molecule has 0 unspecified atom stereocenters. The summed E-state index contributed by atoms with van der Waals surface area (Å²) in [5.74, 6) is 1.02. The molecule has 0 aromatic heterocycles. The second-order valence-electron chi connectivity index (χ2n) is 4.91. The van der Waals surface area contributed by atoms with Gasteiger partial charge in [0.2, 0.25) is 0 Å². The van der Waals surface area contributed by atoms with Crippen LogP contribution in [0.15, 0.2) is 29.0 Å². The van der Waals surface area contributed by atoms with Crippen molar-refractivity contribution in [1.82, 2.24) is 0 Å². The first-order chi connectivity index (χ1) is 7.65. The molecule has 0 bridgehead atoms. The van der Waals surface area contributed by atoms with Crippen molar-refractivity contribution in [2.24, 2.45) is 22.6 Å². The van der Waals surface area contributed by atoms with Crippen LogP contribution >= 0.6 is 0 Å². The molecule has 0 spiro atoms. The molecule has 2 N–H and O–H groups in total. The van der Waals surface area contributed by atoms with Gasteiger partial charge in [0.1, 0.15) is 0 Å². The zero-order valence-electron chi connectivity index (χ0n) is 10.6. The van der Waals surface area contributed by atoms with Gasteiger partial charge in [-0.05, 0) is 24.3 Å². The van der Waals surface area contributed by atoms with E-state index < -0.39 is 0 Å². The van der Waals surface area contributed by atoms with Gasteiger partial charge in [-0.25, -0.2) is 0 Å². The maximum atomic E-state index is 5.66. The summed E-state index contributed by atoms with van der Waals surface area (Å²) in [7, 11) is 0. The topological polar surface area (TPSA) is 38.4 Å². The Labute approximate surface area is 99.3 Å². The molecule has 0 aromatic rings. The van der Waals surface area contributed by atoms with Crippen molar-refractivity contribution < 1.29 is 0 Å². The van der Waals surface area contributed by atoms with Gasteiger partial charge >= 0.3 is 0 Å². The molecule has 2 nitrogen and oxygen atoms in total. The predicted molar refractivity (Wildman–Crippen MR) is 71.3 cm³/mol. The van der Waals surface area contributed by atoms with Crippen LogP contribution in [-0.2, 0) is 0 Å². The van der Waals surface area contributed by atoms with Crippen molar-refractivity contribution in [1.29, 1.82) is 0 Å². The Morgan fingerprint density at radius 2 is 1.94 bits per heavy atom. The fourth-order valence-electron chi connectivity index (χ4n) is 1.99.